The molecule has 3 aromatic rings. The molecule has 2 saturated heterocycles. The fourth-order valence-corrected chi connectivity index (χ4v) is 4.66. The third kappa shape index (κ3) is 2.93. The zero-order valence-electron chi connectivity index (χ0n) is 17.5. The van der Waals surface area contributed by atoms with Gasteiger partial charge in [0.1, 0.15) is 6.23 Å². The molecule has 0 radical (unpaired) electrons. The average molecular weight is 423 g/mol. The molecule has 5 heterocycles. The lowest BCUT2D eigenvalue weighted by Gasteiger charge is -2.22. The van der Waals surface area contributed by atoms with E-state index >= 15 is 0 Å². The summed E-state index contributed by atoms with van der Waals surface area (Å²) in [6.07, 6.45) is 3.70. The predicted octanol–water partition coefficient (Wildman–Crippen LogP) is 1.84. The van der Waals surface area contributed by atoms with Gasteiger partial charge in [0, 0.05) is 42.1 Å². The molecular formula is C21H25N7O3. The summed E-state index contributed by atoms with van der Waals surface area (Å²) in [5.41, 5.74) is 3.17. The number of hydrogen-bond donors (Lipinski definition) is 3. The zero-order chi connectivity index (χ0) is 21.2. The topological polar surface area (TPSA) is 109 Å². The van der Waals surface area contributed by atoms with Crippen LogP contribution in [0, 0.1) is 0 Å². The highest BCUT2D eigenvalue weighted by Gasteiger charge is 2.44. The molecule has 6 rings (SSSR count). The summed E-state index contributed by atoms with van der Waals surface area (Å²) in [5.74, 6) is 0.722. The number of fused-ring (bicyclic) bond motifs is 2. The number of aliphatic hydroxyl groups is 1. The largest absolute Gasteiger partial charge is 0.373 e. The van der Waals surface area contributed by atoms with Gasteiger partial charge >= 0.3 is 0 Å². The summed E-state index contributed by atoms with van der Waals surface area (Å²) in [4.78, 5) is 11.4. The van der Waals surface area contributed by atoms with E-state index in [2.05, 4.69) is 30.6 Å². The number of rotatable bonds is 3. The number of ether oxygens (including phenoxy) is 2. The van der Waals surface area contributed by atoms with Crippen molar-refractivity contribution in [3.8, 4) is 0 Å². The SMILES string of the molecule is CC1(C)c2ccc(Nc3nc4c(N5CCC6(C5)OCCO6)nccn4n3)cc2NC1O. The highest BCUT2D eigenvalue weighted by Crippen LogP contribution is 2.41. The summed E-state index contributed by atoms with van der Waals surface area (Å²) in [7, 11) is 0. The number of benzene rings is 1. The molecule has 0 saturated carbocycles. The Bertz CT molecular complexity index is 1160. The number of hydrogen-bond acceptors (Lipinski definition) is 9. The average Bonchev–Trinajstić information content (AvgIpc) is 3.51. The lowest BCUT2D eigenvalue weighted by atomic mass is 9.85. The maximum atomic E-state index is 10.3. The van der Waals surface area contributed by atoms with Gasteiger partial charge in [-0.05, 0) is 17.7 Å². The van der Waals surface area contributed by atoms with Crippen LogP contribution >= 0.6 is 0 Å². The van der Waals surface area contributed by atoms with Crippen molar-refractivity contribution in [2.45, 2.75) is 37.7 Å². The zero-order valence-corrected chi connectivity index (χ0v) is 17.5. The first kappa shape index (κ1) is 18.8. The van der Waals surface area contributed by atoms with Gasteiger partial charge in [0.25, 0.3) is 0 Å². The lowest BCUT2D eigenvalue weighted by Crippen LogP contribution is -2.34. The van der Waals surface area contributed by atoms with Crippen molar-refractivity contribution in [3.63, 3.8) is 0 Å². The van der Waals surface area contributed by atoms with Gasteiger partial charge in [-0.3, -0.25) is 0 Å². The van der Waals surface area contributed by atoms with Gasteiger partial charge in [-0.15, -0.1) is 5.10 Å². The van der Waals surface area contributed by atoms with Gasteiger partial charge < -0.3 is 30.1 Å². The van der Waals surface area contributed by atoms with Gasteiger partial charge in [0.2, 0.25) is 5.95 Å². The third-order valence-corrected chi connectivity index (χ3v) is 6.49. The monoisotopic (exact) mass is 423 g/mol. The van der Waals surface area contributed by atoms with Crippen molar-refractivity contribution in [1.82, 2.24) is 19.6 Å². The molecule has 3 aliphatic heterocycles. The van der Waals surface area contributed by atoms with E-state index in [0.29, 0.717) is 31.4 Å². The summed E-state index contributed by atoms with van der Waals surface area (Å²) >= 11 is 0. The van der Waals surface area contributed by atoms with Crippen molar-refractivity contribution in [2.75, 3.05) is 41.8 Å². The first-order chi connectivity index (χ1) is 14.9. The first-order valence-corrected chi connectivity index (χ1v) is 10.5. The Labute approximate surface area is 179 Å². The van der Waals surface area contributed by atoms with E-state index in [4.69, 9.17) is 9.47 Å². The molecule has 0 bridgehead atoms. The second-order valence-electron chi connectivity index (χ2n) is 8.89. The van der Waals surface area contributed by atoms with Crippen LogP contribution in [0.1, 0.15) is 25.8 Å². The molecule has 3 aliphatic rings. The Hall–Kier alpha value is -2.95. The standard InChI is InChI=1S/C21H25N7O3/c1-20(2)14-4-3-13(11-15(14)24-18(20)29)23-19-25-17-16(22-6-8-28(17)26-19)27-7-5-21(12-27)30-9-10-31-21/h3-4,6,8,11,18,24,29H,5,7,9-10,12H2,1-2H3,(H,23,26). The van der Waals surface area contributed by atoms with Crippen LogP contribution in [0.3, 0.4) is 0 Å². The van der Waals surface area contributed by atoms with Crippen LogP contribution < -0.4 is 15.5 Å². The smallest absolute Gasteiger partial charge is 0.247 e. The van der Waals surface area contributed by atoms with Crippen LogP contribution in [0.2, 0.25) is 0 Å². The number of nitrogens with one attached hydrogen (secondary N) is 2. The van der Waals surface area contributed by atoms with Crippen molar-refractivity contribution in [2.24, 2.45) is 0 Å². The highest BCUT2D eigenvalue weighted by atomic mass is 16.7. The second-order valence-corrected chi connectivity index (χ2v) is 8.89. The fraction of sp³-hybridized carbons (Fsp3) is 0.476. The molecule has 2 fully saturated rings. The molecule has 10 nitrogen and oxygen atoms in total. The van der Waals surface area contributed by atoms with Crippen molar-refractivity contribution < 1.29 is 14.6 Å². The summed E-state index contributed by atoms with van der Waals surface area (Å²) < 4.78 is 13.4. The molecule has 2 aromatic heterocycles. The van der Waals surface area contributed by atoms with E-state index in [1.807, 2.05) is 32.0 Å². The van der Waals surface area contributed by atoms with Crippen LogP contribution in [-0.2, 0) is 14.9 Å². The van der Waals surface area contributed by atoms with Gasteiger partial charge in [0.15, 0.2) is 17.3 Å². The quantitative estimate of drug-likeness (QED) is 0.581. The Morgan fingerprint density at radius 3 is 2.94 bits per heavy atom. The van der Waals surface area contributed by atoms with E-state index in [0.717, 1.165) is 35.7 Å². The molecule has 1 atom stereocenters. The van der Waals surface area contributed by atoms with Gasteiger partial charge in [-0.1, -0.05) is 19.9 Å². The summed E-state index contributed by atoms with van der Waals surface area (Å²) in [6, 6.07) is 5.97. The Morgan fingerprint density at radius 1 is 1.26 bits per heavy atom. The number of anilines is 4. The fourth-order valence-electron chi connectivity index (χ4n) is 4.66. The predicted molar refractivity (Wildman–Crippen MR) is 115 cm³/mol. The molecular weight excluding hydrogens is 398 g/mol. The molecule has 1 aromatic carbocycles. The molecule has 0 aliphatic carbocycles. The number of aromatic nitrogens is 4. The number of nitrogens with zero attached hydrogens (tertiary/aromatic N) is 5. The van der Waals surface area contributed by atoms with E-state index in [-0.39, 0.29) is 5.41 Å². The van der Waals surface area contributed by atoms with E-state index in [1.165, 1.54) is 0 Å². The molecule has 0 amide bonds. The van der Waals surface area contributed by atoms with E-state index in [1.54, 1.807) is 16.9 Å². The maximum Gasteiger partial charge on any atom is 0.247 e. The summed E-state index contributed by atoms with van der Waals surface area (Å²) in [6.45, 7) is 6.72. The minimum atomic E-state index is -0.615. The Morgan fingerprint density at radius 2 is 2.10 bits per heavy atom. The molecule has 31 heavy (non-hydrogen) atoms. The van der Waals surface area contributed by atoms with Gasteiger partial charge in [0.05, 0.1) is 19.8 Å². The molecule has 10 heteroatoms. The molecule has 162 valence electrons. The molecule has 3 N–H and O–H groups in total. The van der Waals surface area contributed by atoms with Crippen LogP contribution in [-0.4, -0.2) is 63.0 Å². The lowest BCUT2D eigenvalue weighted by molar-refractivity contribution is -0.137. The van der Waals surface area contributed by atoms with E-state index in [9.17, 15) is 5.11 Å². The van der Waals surface area contributed by atoms with Crippen LogP contribution in [0.5, 0.6) is 0 Å². The van der Waals surface area contributed by atoms with Gasteiger partial charge in [-0.2, -0.15) is 4.98 Å². The third-order valence-electron chi connectivity index (χ3n) is 6.49. The van der Waals surface area contributed by atoms with Crippen LogP contribution in [0.4, 0.5) is 23.1 Å². The minimum absolute atomic E-state index is 0.338. The maximum absolute atomic E-state index is 10.3. The Kier molecular flexibility index (Phi) is 3.95. The van der Waals surface area contributed by atoms with Crippen molar-refractivity contribution in [1.29, 1.82) is 0 Å². The van der Waals surface area contributed by atoms with Crippen molar-refractivity contribution in [3.05, 3.63) is 36.2 Å². The van der Waals surface area contributed by atoms with Gasteiger partial charge in [-0.25, -0.2) is 9.50 Å². The van der Waals surface area contributed by atoms with Crippen LogP contribution in [0.15, 0.2) is 30.6 Å². The molecule has 1 spiro atoms. The summed E-state index contributed by atoms with van der Waals surface area (Å²) in [5, 5.41) is 21.2. The Balaban J connectivity index is 1.28. The van der Waals surface area contributed by atoms with Crippen LogP contribution in [0.25, 0.3) is 5.65 Å². The normalized spacial score (nSPS) is 23.5. The first-order valence-electron chi connectivity index (χ1n) is 10.5. The second kappa shape index (κ2) is 6.52. The van der Waals surface area contributed by atoms with Crippen molar-refractivity contribution >= 4 is 28.8 Å². The number of aliphatic hydroxyl groups excluding tert-OH is 1. The highest BCUT2D eigenvalue weighted by molar-refractivity contribution is 5.71. The van der Waals surface area contributed by atoms with E-state index < -0.39 is 12.0 Å². The molecule has 1 unspecified atom stereocenters. The minimum Gasteiger partial charge on any atom is -0.373 e.